The Morgan fingerprint density at radius 2 is 1.97 bits per heavy atom. The first-order chi connectivity index (χ1) is 14.1. The molecule has 0 atom stereocenters. The number of phenolic OH excluding ortho intramolecular Hbond substituents is 1. The second-order valence-corrected chi connectivity index (χ2v) is 7.18. The maximum atomic E-state index is 12.4. The summed E-state index contributed by atoms with van der Waals surface area (Å²) in [6.45, 7) is 0. The first-order valence-corrected chi connectivity index (χ1v) is 9.72. The van der Waals surface area contributed by atoms with Crippen LogP contribution in [0.3, 0.4) is 0 Å². The van der Waals surface area contributed by atoms with Gasteiger partial charge in [-0.25, -0.2) is 4.98 Å². The molecule has 0 unspecified atom stereocenters. The van der Waals surface area contributed by atoms with Crippen LogP contribution in [0.1, 0.15) is 5.69 Å². The highest BCUT2D eigenvalue weighted by Crippen LogP contribution is 2.34. The maximum Gasteiger partial charge on any atom is 0.230 e. The second kappa shape index (κ2) is 7.84. The van der Waals surface area contributed by atoms with E-state index in [-0.39, 0.29) is 18.1 Å². The fourth-order valence-corrected chi connectivity index (χ4v) is 3.89. The van der Waals surface area contributed by atoms with Crippen LogP contribution < -0.4 is 14.8 Å². The molecule has 0 saturated carbocycles. The molecule has 0 spiro atoms. The average molecular weight is 409 g/mol. The predicted octanol–water partition coefficient (Wildman–Crippen LogP) is 3.97. The van der Waals surface area contributed by atoms with Gasteiger partial charge in [0.25, 0.3) is 0 Å². The number of aromatic hydroxyl groups is 1. The number of carbonyl (C=O) groups is 1. The lowest BCUT2D eigenvalue weighted by Gasteiger charge is -2.08. The third kappa shape index (κ3) is 3.88. The fraction of sp³-hybridized carbons (Fsp3) is 0.143. The highest BCUT2D eigenvalue weighted by atomic mass is 32.1. The summed E-state index contributed by atoms with van der Waals surface area (Å²) in [5.74, 6) is 1.42. The minimum atomic E-state index is -0.149. The zero-order chi connectivity index (χ0) is 20.4. The van der Waals surface area contributed by atoms with Crippen LogP contribution in [0.15, 0.2) is 54.0 Å². The molecule has 4 rings (SSSR count). The molecular formula is C21H19N3O4S. The van der Waals surface area contributed by atoms with E-state index in [1.807, 2.05) is 34.2 Å². The first-order valence-electron chi connectivity index (χ1n) is 8.84. The molecule has 0 saturated heterocycles. The lowest BCUT2D eigenvalue weighted by molar-refractivity contribution is -0.115. The Morgan fingerprint density at radius 3 is 2.69 bits per heavy atom. The van der Waals surface area contributed by atoms with E-state index in [0.717, 1.165) is 21.9 Å². The molecule has 2 aromatic carbocycles. The third-order valence-corrected chi connectivity index (χ3v) is 5.35. The Hall–Kier alpha value is -3.52. The number of hydrogen-bond donors (Lipinski definition) is 2. The summed E-state index contributed by atoms with van der Waals surface area (Å²) in [6, 6.07) is 11.9. The molecule has 0 bridgehead atoms. The van der Waals surface area contributed by atoms with Crippen LogP contribution in [0, 0.1) is 0 Å². The molecule has 2 aromatic heterocycles. The highest BCUT2D eigenvalue weighted by molar-refractivity contribution is 7.15. The van der Waals surface area contributed by atoms with E-state index in [1.165, 1.54) is 23.5 Å². The van der Waals surface area contributed by atoms with Crippen molar-refractivity contribution < 1.29 is 19.4 Å². The summed E-state index contributed by atoms with van der Waals surface area (Å²) in [5.41, 5.74) is 3.03. The van der Waals surface area contributed by atoms with Gasteiger partial charge in [0.15, 0.2) is 4.96 Å². The molecule has 0 aliphatic carbocycles. The van der Waals surface area contributed by atoms with Gasteiger partial charge in [-0.1, -0.05) is 0 Å². The summed E-state index contributed by atoms with van der Waals surface area (Å²) >= 11 is 1.47. The average Bonchev–Trinajstić information content (AvgIpc) is 3.31. The summed E-state index contributed by atoms with van der Waals surface area (Å²) in [6.07, 6.45) is 2.10. The van der Waals surface area contributed by atoms with Crippen molar-refractivity contribution in [1.29, 1.82) is 0 Å². The van der Waals surface area contributed by atoms with Gasteiger partial charge in [0.05, 0.1) is 26.3 Å². The van der Waals surface area contributed by atoms with E-state index in [9.17, 15) is 9.90 Å². The van der Waals surface area contributed by atoms with Crippen LogP contribution >= 0.6 is 11.3 Å². The second-order valence-electron chi connectivity index (χ2n) is 6.34. The van der Waals surface area contributed by atoms with E-state index >= 15 is 0 Å². The lowest BCUT2D eigenvalue weighted by Crippen LogP contribution is -2.15. The summed E-state index contributed by atoms with van der Waals surface area (Å²) in [4.78, 5) is 17.9. The number of methoxy groups -OCH3 is 2. The van der Waals surface area contributed by atoms with Crippen molar-refractivity contribution in [2.75, 3.05) is 19.5 Å². The summed E-state index contributed by atoms with van der Waals surface area (Å²) in [5, 5.41) is 14.1. The lowest BCUT2D eigenvalue weighted by atomic mass is 10.1. The number of imidazole rings is 1. The minimum Gasteiger partial charge on any atom is -0.508 e. The number of nitrogens with one attached hydrogen (secondary N) is 1. The molecule has 4 aromatic rings. The highest BCUT2D eigenvalue weighted by Gasteiger charge is 2.16. The number of ether oxygens (including phenoxy) is 2. The molecule has 0 aliphatic heterocycles. The van der Waals surface area contributed by atoms with Crippen LogP contribution in [0.25, 0.3) is 16.2 Å². The Labute approximate surface area is 171 Å². The number of fused-ring (bicyclic) bond motifs is 1. The van der Waals surface area contributed by atoms with Gasteiger partial charge < -0.3 is 19.9 Å². The van der Waals surface area contributed by atoms with Gasteiger partial charge in [0.1, 0.15) is 17.2 Å². The standard InChI is InChI=1S/C21H19N3O4S/c1-27-16-7-8-19(28-2)17(10-16)18-11-24-14(12-29-21(24)23-18)9-20(26)22-13-3-5-15(25)6-4-13/h3-8,10-12,25H,9H2,1-2H3,(H,22,26). The molecule has 7 nitrogen and oxygen atoms in total. The zero-order valence-corrected chi connectivity index (χ0v) is 16.7. The molecule has 148 valence electrons. The number of anilines is 1. The largest absolute Gasteiger partial charge is 0.508 e. The Morgan fingerprint density at radius 1 is 1.17 bits per heavy atom. The van der Waals surface area contributed by atoms with Crippen molar-refractivity contribution in [3.8, 4) is 28.5 Å². The summed E-state index contributed by atoms with van der Waals surface area (Å²) < 4.78 is 12.7. The summed E-state index contributed by atoms with van der Waals surface area (Å²) in [7, 11) is 3.23. The third-order valence-electron chi connectivity index (χ3n) is 4.46. The molecule has 0 fully saturated rings. The number of phenols is 1. The number of carbonyl (C=O) groups excluding carboxylic acids is 1. The molecule has 2 heterocycles. The Bertz CT molecular complexity index is 1160. The van der Waals surface area contributed by atoms with E-state index in [1.54, 1.807) is 26.4 Å². The molecular weight excluding hydrogens is 390 g/mol. The van der Waals surface area contributed by atoms with Crippen LogP contribution in [0.5, 0.6) is 17.2 Å². The Balaban J connectivity index is 1.59. The molecule has 2 N–H and O–H groups in total. The van der Waals surface area contributed by atoms with Crippen LogP contribution in [-0.4, -0.2) is 34.6 Å². The van der Waals surface area contributed by atoms with Crippen molar-refractivity contribution in [3.05, 3.63) is 59.7 Å². The van der Waals surface area contributed by atoms with Crippen LogP contribution in [0.2, 0.25) is 0 Å². The van der Waals surface area contributed by atoms with Gasteiger partial charge >= 0.3 is 0 Å². The number of rotatable bonds is 6. The molecule has 8 heteroatoms. The SMILES string of the molecule is COc1ccc(OC)c(-c2cn3c(CC(=O)Nc4ccc(O)cc4)csc3n2)c1. The predicted molar refractivity (Wildman–Crippen MR) is 112 cm³/mol. The Kier molecular flexibility index (Phi) is 5.09. The van der Waals surface area contributed by atoms with Gasteiger partial charge in [-0.05, 0) is 42.5 Å². The molecule has 1 amide bonds. The zero-order valence-electron chi connectivity index (χ0n) is 15.9. The molecule has 0 radical (unpaired) electrons. The van der Waals surface area contributed by atoms with E-state index in [0.29, 0.717) is 17.2 Å². The van der Waals surface area contributed by atoms with Gasteiger partial charge in [-0.3, -0.25) is 9.20 Å². The van der Waals surface area contributed by atoms with Crippen molar-refractivity contribution >= 4 is 27.9 Å². The number of nitrogens with zero attached hydrogens (tertiary/aromatic N) is 2. The van der Waals surface area contributed by atoms with Crippen molar-refractivity contribution in [3.63, 3.8) is 0 Å². The van der Waals surface area contributed by atoms with Crippen molar-refractivity contribution in [2.45, 2.75) is 6.42 Å². The van der Waals surface area contributed by atoms with E-state index in [2.05, 4.69) is 10.3 Å². The van der Waals surface area contributed by atoms with Crippen LogP contribution in [-0.2, 0) is 11.2 Å². The van der Waals surface area contributed by atoms with Crippen LogP contribution in [0.4, 0.5) is 5.69 Å². The van der Waals surface area contributed by atoms with Crippen molar-refractivity contribution in [2.24, 2.45) is 0 Å². The fourth-order valence-electron chi connectivity index (χ4n) is 3.01. The van der Waals surface area contributed by atoms with Gasteiger partial charge in [0.2, 0.25) is 5.91 Å². The number of aromatic nitrogens is 2. The smallest absolute Gasteiger partial charge is 0.230 e. The van der Waals surface area contributed by atoms with E-state index < -0.39 is 0 Å². The normalized spacial score (nSPS) is 10.8. The van der Waals surface area contributed by atoms with Gasteiger partial charge in [-0.15, -0.1) is 11.3 Å². The van der Waals surface area contributed by atoms with Gasteiger partial charge in [0, 0.05) is 28.5 Å². The van der Waals surface area contributed by atoms with Crippen molar-refractivity contribution in [1.82, 2.24) is 9.38 Å². The topological polar surface area (TPSA) is 85.1 Å². The first kappa shape index (κ1) is 18.8. The maximum absolute atomic E-state index is 12.4. The number of hydrogen-bond acceptors (Lipinski definition) is 6. The van der Waals surface area contributed by atoms with Gasteiger partial charge in [-0.2, -0.15) is 0 Å². The monoisotopic (exact) mass is 409 g/mol. The minimum absolute atomic E-state index is 0.149. The number of amides is 1. The van der Waals surface area contributed by atoms with E-state index in [4.69, 9.17) is 9.47 Å². The quantitative estimate of drug-likeness (QED) is 0.471. The number of benzene rings is 2. The molecule has 29 heavy (non-hydrogen) atoms. The number of thiazole rings is 1. The molecule has 0 aliphatic rings.